The van der Waals surface area contributed by atoms with E-state index in [4.69, 9.17) is 10.5 Å². The number of nitrogens with one attached hydrogen (secondary N) is 1. The lowest BCUT2D eigenvalue weighted by atomic mass is 10.1. The monoisotopic (exact) mass is 421 g/mol. The van der Waals surface area contributed by atoms with Gasteiger partial charge in [0.2, 0.25) is 5.52 Å². The van der Waals surface area contributed by atoms with Crippen molar-refractivity contribution < 1.29 is 27.9 Å². The maximum atomic E-state index is 14.5. The largest absolute Gasteiger partial charge is 0.485 e. The van der Waals surface area contributed by atoms with Crippen molar-refractivity contribution in [2.45, 2.75) is 25.9 Å². The Kier molecular flexibility index (Phi) is 6.04. The number of aromatic nitrogens is 2. The van der Waals surface area contributed by atoms with E-state index in [9.17, 15) is 23.7 Å². The molecule has 0 saturated carbocycles. The van der Waals surface area contributed by atoms with Gasteiger partial charge >= 0.3 is 5.69 Å². The number of fused-ring (bicyclic) bond motifs is 1. The minimum absolute atomic E-state index is 0.0198. The summed E-state index contributed by atoms with van der Waals surface area (Å²) < 4.78 is 38.4. The molecule has 0 aliphatic heterocycles. The van der Waals surface area contributed by atoms with Crippen LogP contribution in [0.1, 0.15) is 30.1 Å². The number of ether oxygens (including phenoxy) is 1. The zero-order chi connectivity index (χ0) is 21.8. The fourth-order valence-electron chi connectivity index (χ4n) is 2.92. The molecule has 0 spiro atoms. The zero-order valence-electron chi connectivity index (χ0n) is 15.7. The van der Waals surface area contributed by atoms with Crippen molar-refractivity contribution in [3.8, 4) is 5.75 Å². The predicted molar refractivity (Wildman–Crippen MR) is 101 cm³/mol. The summed E-state index contributed by atoms with van der Waals surface area (Å²) >= 11 is 0. The molecule has 1 atom stereocenters. The minimum Gasteiger partial charge on any atom is -0.485 e. The Hall–Kier alpha value is -3.83. The van der Waals surface area contributed by atoms with Crippen LogP contribution < -0.4 is 15.8 Å². The first-order chi connectivity index (χ1) is 14.3. The van der Waals surface area contributed by atoms with Gasteiger partial charge in [0.05, 0.1) is 17.2 Å². The molecule has 1 heterocycles. The molecule has 3 aromatic rings. The number of benzene rings is 2. The topological polar surface area (TPSA) is 146 Å². The number of hydrogen-bond donors (Lipinski definition) is 2. The molecule has 0 fully saturated rings. The fraction of sp³-hybridized carbons (Fsp3) is 0.278. The number of primary amides is 1. The standard InChI is InChI=1S/C18H17F2N5O5/c1-2-3-9(29-13-7-4-10(19)14(15(13)20)18(21)26)8-22-11-5-6-12(25(27)28)17-16(11)23-30-24-17/h4-7,9,22H,2-3,8H2,1H3,(H2,21,26). The number of nitrogens with two attached hydrogens (primary N) is 1. The summed E-state index contributed by atoms with van der Waals surface area (Å²) in [6, 6.07) is 4.67. The quantitative estimate of drug-likeness (QED) is 0.396. The minimum atomic E-state index is -1.24. The maximum Gasteiger partial charge on any atom is 0.300 e. The van der Waals surface area contributed by atoms with Crippen LogP contribution in [0, 0.1) is 21.7 Å². The van der Waals surface area contributed by atoms with Crippen molar-refractivity contribution in [2.24, 2.45) is 5.73 Å². The summed E-state index contributed by atoms with van der Waals surface area (Å²) in [5.41, 5.74) is 4.43. The van der Waals surface area contributed by atoms with Crippen molar-refractivity contribution in [3.63, 3.8) is 0 Å². The molecule has 3 N–H and O–H groups in total. The highest BCUT2D eigenvalue weighted by molar-refractivity contribution is 5.94. The lowest BCUT2D eigenvalue weighted by Crippen LogP contribution is -2.27. The molecule has 12 heteroatoms. The Bertz CT molecular complexity index is 1100. The third-order valence-electron chi connectivity index (χ3n) is 4.32. The normalized spacial score (nSPS) is 12.0. The lowest BCUT2D eigenvalue weighted by molar-refractivity contribution is -0.383. The summed E-state index contributed by atoms with van der Waals surface area (Å²) in [4.78, 5) is 21.8. The second-order valence-electron chi connectivity index (χ2n) is 6.36. The second kappa shape index (κ2) is 8.68. The van der Waals surface area contributed by atoms with Gasteiger partial charge in [-0.15, -0.1) is 0 Å². The Balaban J connectivity index is 1.81. The SMILES string of the molecule is CCCC(CNc1ccc([N+](=O)[O-])c2nonc12)Oc1ccc(F)c(C(N)=O)c1F. The van der Waals surface area contributed by atoms with Gasteiger partial charge in [-0.3, -0.25) is 14.9 Å². The van der Waals surface area contributed by atoms with Crippen molar-refractivity contribution in [3.05, 3.63) is 51.6 Å². The smallest absolute Gasteiger partial charge is 0.300 e. The predicted octanol–water partition coefficient (Wildman–Crippen LogP) is 3.17. The average Bonchev–Trinajstić information content (AvgIpc) is 3.17. The number of amides is 1. The summed E-state index contributed by atoms with van der Waals surface area (Å²) in [6.45, 7) is 2.04. The van der Waals surface area contributed by atoms with Gasteiger partial charge < -0.3 is 15.8 Å². The molecular formula is C18H17F2N5O5. The molecule has 10 nitrogen and oxygen atoms in total. The summed E-state index contributed by atoms with van der Waals surface area (Å²) in [6.07, 6.45) is 0.586. The van der Waals surface area contributed by atoms with Crippen LogP contribution in [0.25, 0.3) is 11.0 Å². The number of carbonyl (C=O) groups is 1. The summed E-state index contributed by atoms with van der Waals surface area (Å²) in [5, 5.41) is 21.3. The van der Waals surface area contributed by atoms with Crippen molar-refractivity contribution in [1.82, 2.24) is 10.3 Å². The van der Waals surface area contributed by atoms with Crippen LogP contribution in [0.4, 0.5) is 20.2 Å². The number of nitrogens with zero attached hydrogens (tertiary/aromatic N) is 3. The Morgan fingerprint density at radius 2 is 2.03 bits per heavy atom. The van der Waals surface area contributed by atoms with Gasteiger partial charge in [-0.25, -0.2) is 13.4 Å². The number of anilines is 1. The summed E-state index contributed by atoms with van der Waals surface area (Å²) in [7, 11) is 0. The van der Waals surface area contributed by atoms with Crippen LogP contribution in [0.15, 0.2) is 28.9 Å². The molecule has 2 aromatic carbocycles. The first kappa shape index (κ1) is 20.9. The van der Waals surface area contributed by atoms with Crippen LogP contribution in [0.2, 0.25) is 0 Å². The Morgan fingerprint density at radius 3 is 2.70 bits per heavy atom. The number of non-ortho nitro benzene ring substituents is 1. The number of nitro groups is 1. The molecule has 3 rings (SSSR count). The van der Waals surface area contributed by atoms with E-state index in [1.807, 2.05) is 6.92 Å². The molecule has 0 saturated heterocycles. The molecule has 0 aliphatic rings. The van der Waals surface area contributed by atoms with Crippen molar-refractivity contribution in [1.29, 1.82) is 0 Å². The van der Waals surface area contributed by atoms with Crippen LogP contribution >= 0.6 is 0 Å². The third-order valence-corrected chi connectivity index (χ3v) is 4.32. The van der Waals surface area contributed by atoms with Crippen LogP contribution in [0.3, 0.4) is 0 Å². The number of rotatable bonds is 9. The second-order valence-corrected chi connectivity index (χ2v) is 6.36. The van der Waals surface area contributed by atoms with Gasteiger partial charge in [0, 0.05) is 6.07 Å². The molecular weight excluding hydrogens is 404 g/mol. The summed E-state index contributed by atoms with van der Waals surface area (Å²) in [5.74, 6) is -3.82. The van der Waals surface area contributed by atoms with Gasteiger partial charge in [0.1, 0.15) is 17.5 Å². The van der Waals surface area contributed by atoms with E-state index in [1.54, 1.807) is 0 Å². The molecule has 158 valence electrons. The van der Waals surface area contributed by atoms with Gasteiger partial charge in [0.15, 0.2) is 17.1 Å². The Morgan fingerprint density at radius 1 is 1.30 bits per heavy atom. The van der Waals surface area contributed by atoms with Gasteiger partial charge in [0.25, 0.3) is 5.91 Å². The van der Waals surface area contributed by atoms with E-state index < -0.39 is 34.1 Å². The van der Waals surface area contributed by atoms with Gasteiger partial charge in [-0.05, 0) is 34.9 Å². The van der Waals surface area contributed by atoms with Crippen molar-refractivity contribution >= 4 is 28.3 Å². The van der Waals surface area contributed by atoms with Gasteiger partial charge in [-0.1, -0.05) is 13.3 Å². The first-order valence-electron chi connectivity index (χ1n) is 8.91. The van der Waals surface area contributed by atoms with Crippen LogP contribution in [0.5, 0.6) is 5.75 Å². The molecule has 0 bridgehead atoms. The first-order valence-corrected chi connectivity index (χ1v) is 8.91. The molecule has 1 unspecified atom stereocenters. The number of nitro benzene ring substituents is 1. The van der Waals surface area contributed by atoms with E-state index in [-0.39, 0.29) is 29.0 Å². The molecule has 30 heavy (non-hydrogen) atoms. The van der Waals surface area contributed by atoms with Crippen molar-refractivity contribution in [2.75, 3.05) is 11.9 Å². The molecule has 1 amide bonds. The van der Waals surface area contributed by atoms with E-state index >= 15 is 0 Å². The maximum absolute atomic E-state index is 14.5. The third kappa shape index (κ3) is 4.11. The van der Waals surface area contributed by atoms with E-state index in [0.717, 1.165) is 12.1 Å². The highest BCUT2D eigenvalue weighted by Crippen LogP contribution is 2.29. The van der Waals surface area contributed by atoms with Gasteiger partial charge in [-0.2, -0.15) is 0 Å². The van der Waals surface area contributed by atoms with Crippen LogP contribution in [-0.2, 0) is 0 Å². The molecule has 1 aromatic heterocycles. The highest BCUT2D eigenvalue weighted by Gasteiger charge is 2.23. The Labute approximate surface area is 168 Å². The number of carbonyl (C=O) groups excluding carboxylic acids is 1. The number of hydrogen-bond acceptors (Lipinski definition) is 8. The molecule has 0 aliphatic carbocycles. The number of halogens is 2. The van der Waals surface area contributed by atoms with E-state index in [1.165, 1.54) is 12.1 Å². The van der Waals surface area contributed by atoms with Crippen LogP contribution in [-0.4, -0.2) is 33.8 Å². The van der Waals surface area contributed by atoms with E-state index in [0.29, 0.717) is 18.5 Å². The average molecular weight is 421 g/mol. The fourth-order valence-corrected chi connectivity index (χ4v) is 2.92. The highest BCUT2D eigenvalue weighted by atomic mass is 19.1. The molecule has 0 radical (unpaired) electrons. The van der Waals surface area contributed by atoms with E-state index in [2.05, 4.69) is 20.3 Å². The zero-order valence-corrected chi connectivity index (χ0v) is 15.7. The lowest BCUT2D eigenvalue weighted by Gasteiger charge is -2.20.